The highest BCUT2D eigenvalue weighted by Crippen LogP contribution is 2.33. The molecule has 0 N–H and O–H groups in total. The van der Waals surface area contributed by atoms with Crippen LogP contribution in [0.25, 0.3) is 0 Å². The summed E-state index contributed by atoms with van der Waals surface area (Å²) in [4.78, 5) is 2.25. The number of likely N-dealkylation sites (tertiary alicyclic amines) is 1. The molecule has 1 heterocycles. The Kier molecular flexibility index (Phi) is 6.36. The summed E-state index contributed by atoms with van der Waals surface area (Å²) in [7, 11) is 2.07. The van der Waals surface area contributed by atoms with E-state index in [0.29, 0.717) is 5.75 Å². The minimum absolute atomic E-state index is 0. The lowest BCUT2D eigenvalue weighted by Gasteiger charge is -2.37. The van der Waals surface area contributed by atoms with E-state index >= 15 is 0 Å². The molecule has 1 aliphatic heterocycles. The molecule has 0 aliphatic carbocycles. The van der Waals surface area contributed by atoms with Crippen LogP contribution < -0.4 is 4.74 Å². The summed E-state index contributed by atoms with van der Waals surface area (Å²) in [6.07, 6.45) is -3.52. The van der Waals surface area contributed by atoms with Gasteiger partial charge in [0.2, 0.25) is 0 Å². The van der Waals surface area contributed by atoms with Crippen molar-refractivity contribution in [2.45, 2.75) is 24.6 Å². The molecule has 1 saturated heterocycles. The van der Waals surface area contributed by atoms with Gasteiger partial charge in [-0.2, -0.15) is 13.2 Å². The average Bonchev–Trinajstić information content (AvgIpc) is 2.57. The molecule has 2 unspecified atom stereocenters. The fraction of sp³-hybridized carbons (Fsp3) is 0.368. The molecule has 6 heteroatoms. The van der Waals surface area contributed by atoms with E-state index in [2.05, 4.69) is 24.1 Å². The molecular formula is C19H21ClF3NO. The lowest BCUT2D eigenvalue weighted by Crippen LogP contribution is -2.42. The lowest BCUT2D eigenvalue weighted by molar-refractivity contribution is -0.137. The van der Waals surface area contributed by atoms with E-state index in [9.17, 15) is 13.2 Å². The zero-order valence-electron chi connectivity index (χ0n) is 13.9. The molecule has 0 aromatic heterocycles. The molecule has 1 fully saturated rings. The highest BCUT2D eigenvalue weighted by molar-refractivity contribution is 5.85. The standard InChI is InChI=1S/C19H20F3NO.ClH/c1-23-12-11-18(17(13-23)14-5-3-2-4-6-14)24-16-9-7-15(8-10-16)19(20,21)22;/h2-10,17-18H,11-13H2,1H3;1H. The van der Waals surface area contributed by atoms with Crippen LogP contribution in [0, 0.1) is 0 Å². The van der Waals surface area contributed by atoms with Gasteiger partial charge in [0.05, 0.1) is 5.56 Å². The minimum atomic E-state index is -4.32. The summed E-state index contributed by atoms with van der Waals surface area (Å²) in [6, 6.07) is 15.1. The van der Waals surface area contributed by atoms with E-state index in [1.54, 1.807) is 0 Å². The van der Waals surface area contributed by atoms with Gasteiger partial charge in [0, 0.05) is 19.0 Å². The number of ether oxygens (including phenoxy) is 1. The van der Waals surface area contributed by atoms with Crippen molar-refractivity contribution in [3.05, 3.63) is 65.7 Å². The number of alkyl halides is 3. The van der Waals surface area contributed by atoms with Crippen LogP contribution in [0.2, 0.25) is 0 Å². The Morgan fingerprint density at radius 1 is 1.00 bits per heavy atom. The third kappa shape index (κ3) is 4.89. The first-order valence-electron chi connectivity index (χ1n) is 8.01. The van der Waals surface area contributed by atoms with Gasteiger partial charge in [-0.25, -0.2) is 0 Å². The molecule has 2 aromatic carbocycles. The zero-order valence-corrected chi connectivity index (χ0v) is 14.7. The van der Waals surface area contributed by atoms with Crippen molar-refractivity contribution in [1.82, 2.24) is 4.90 Å². The number of benzene rings is 2. The Hall–Kier alpha value is -1.72. The summed E-state index contributed by atoms with van der Waals surface area (Å²) in [5.74, 6) is 0.686. The molecule has 0 spiro atoms. The summed E-state index contributed by atoms with van der Waals surface area (Å²) in [6.45, 7) is 1.78. The normalized spacial score (nSPS) is 21.4. The van der Waals surface area contributed by atoms with Gasteiger partial charge in [0.15, 0.2) is 0 Å². The van der Waals surface area contributed by atoms with Crippen molar-refractivity contribution in [2.75, 3.05) is 20.1 Å². The first-order valence-corrected chi connectivity index (χ1v) is 8.01. The Balaban J connectivity index is 0.00000225. The molecule has 136 valence electrons. The van der Waals surface area contributed by atoms with Crippen molar-refractivity contribution in [3.63, 3.8) is 0 Å². The highest BCUT2D eigenvalue weighted by Gasteiger charge is 2.32. The minimum Gasteiger partial charge on any atom is -0.490 e. The van der Waals surface area contributed by atoms with Crippen molar-refractivity contribution in [2.24, 2.45) is 0 Å². The third-order valence-electron chi connectivity index (χ3n) is 4.45. The second-order valence-electron chi connectivity index (χ2n) is 6.25. The van der Waals surface area contributed by atoms with E-state index in [0.717, 1.165) is 31.6 Å². The van der Waals surface area contributed by atoms with Gasteiger partial charge in [-0.1, -0.05) is 30.3 Å². The summed E-state index contributed by atoms with van der Waals surface area (Å²) in [5, 5.41) is 0. The van der Waals surface area contributed by atoms with Crippen LogP contribution >= 0.6 is 12.4 Å². The fourth-order valence-electron chi connectivity index (χ4n) is 3.15. The molecule has 0 radical (unpaired) electrons. The quantitative estimate of drug-likeness (QED) is 0.753. The SMILES string of the molecule is CN1CCC(Oc2ccc(C(F)(F)F)cc2)C(c2ccccc2)C1.Cl. The van der Waals surface area contributed by atoms with Gasteiger partial charge >= 0.3 is 6.18 Å². The van der Waals surface area contributed by atoms with Crippen LogP contribution in [-0.2, 0) is 6.18 Å². The van der Waals surface area contributed by atoms with Crippen LogP contribution in [0.4, 0.5) is 13.2 Å². The van der Waals surface area contributed by atoms with Crippen LogP contribution in [0.1, 0.15) is 23.5 Å². The Morgan fingerprint density at radius 3 is 2.24 bits per heavy atom. The van der Waals surface area contributed by atoms with Crippen molar-refractivity contribution >= 4 is 12.4 Å². The first-order chi connectivity index (χ1) is 11.4. The second-order valence-corrected chi connectivity index (χ2v) is 6.25. The van der Waals surface area contributed by atoms with E-state index in [-0.39, 0.29) is 24.4 Å². The summed E-state index contributed by atoms with van der Waals surface area (Å²) in [5.41, 5.74) is 0.541. The zero-order chi connectivity index (χ0) is 17.2. The Labute approximate surface area is 152 Å². The largest absolute Gasteiger partial charge is 0.490 e. The average molecular weight is 372 g/mol. The number of hydrogen-bond acceptors (Lipinski definition) is 2. The molecule has 0 amide bonds. The topological polar surface area (TPSA) is 12.5 Å². The highest BCUT2D eigenvalue weighted by atomic mass is 35.5. The molecule has 3 rings (SSSR count). The summed E-state index contributed by atoms with van der Waals surface area (Å²) >= 11 is 0. The van der Waals surface area contributed by atoms with Crippen LogP contribution in [0.15, 0.2) is 54.6 Å². The number of hydrogen-bond donors (Lipinski definition) is 0. The van der Waals surface area contributed by atoms with E-state index in [1.165, 1.54) is 17.7 Å². The number of rotatable bonds is 3. The van der Waals surface area contributed by atoms with Gasteiger partial charge in [-0.05, 0) is 43.3 Å². The smallest absolute Gasteiger partial charge is 0.416 e. The van der Waals surface area contributed by atoms with Crippen molar-refractivity contribution in [1.29, 1.82) is 0 Å². The Morgan fingerprint density at radius 2 is 1.64 bits per heavy atom. The maximum Gasteiger partial charge on any atom is 0.416 e. The first kappa shape index (κ1) is 19.6. The monoisotopic (exact) mass is 371 g/mol. The van der Waals surface area contributed by atoms with Gasteiger partial charge < -0.3 is 9.64 Å². The molecule has 2 nitrogen and oxygen atoms in total. The van der Waals surface area contributed by atoms with Gasteiger partial charge in [-0.15, -0.1) is 12.4 Å². The van der Waals surface area contributed by atoms with E-state index < -0.39 is 11.7 Å². The number of likely N-dealkylation sites (N-methyl/N-ethyl adjacent to an activating group) is 1. The molecule has 0 saturated carbocycles. The Bertz CT molecular complexity index is 661. The molecule has 2 aromatic rings. The maximum absolute atomic E-state index is 12.7. The molecule has 25 heavy (non-hydrogen) atoms. The van der Waals surface area contributed by atoms with Gasteiger partial charge in [-0.3, -0.25) is 0 Å². The number of halogens is 4. The van der Waals surface area contributed by atoms with Crippen LogP contribution in [0.3, 0.4) is 0 Å². The van der Waals surface area contributed by atoms with E-state index in [1.807, 2.05) is 18.2 Å². The van der Waals surface area contributed by atoms with Crippen molar-refractivity contribution in [3.8, 4) is 5.75 Å². The van der Waals surface area contributed by atoms with Gasteiger partial charge in [0.25, 0.3) is 0 Å². The van der Waals surface area contributed by atoms with Crippen LogP contribution in [0.5, 0.6) is 5.75 Å². The van der Waals surface area contributed by atoms with Crippen LogP contribution in [-0.4, -0.2) is 31.1 Å². The molecule has 1 aliphatic rings. The van der Waals surface area contributed by atoms with E-state index in [4.69, 9.17) is 4.74 Å². The molecule has 2 atom stereocenters. The van der Waals surface area contributed by atoms with Crippen molar-refractivity contribution < 1.29 is 17.9 Å². The molecular weight excluding hydrogens is 351 g/mol. The predicted molar refractivity (Wildman–Crippen MR) is 94.4 cm³/mol. The number of nitrogens with zero attached hydrogens (tertiary/aromatic N) is 1. The van der Waals surface area contributed by atoms with Gasteiger partial charge in [0.1, 0.15) is 11.9 Å². The maximum atomic E-state index is 12.7. The second kappa shape index (κ2) is 8.11. The summed E-state index contributed by atoms with van der Waals surface area (Å²) < 4.78 is 44.0. The third-order valence-corrected chi connectivity index (χ3v) is 4.45. The molecule has 0 bridgehead atoms. The number of piperidine rings is 1. The predicted octanol–water partition coefficient (Wildman–Crippen LogP) is 4.99. The lowest BCUT2D eigenvalue weighted by atomic mass is 9.88. The fourth-order valence-corrected chi connectivity index (χ4v) is 3.15.